The van der Waals surface area contributed by atoms with E-state index in [1.54, 1.807) is 25.1 Å². The zero-order chi connectivity index (χ0) is 16.7. The molecule has 122 valence electrons. The average molecular weight is 346 g/mol. The molecule has 1 rings (SSSR count). The molecule has 0 aliphatic carbocycles. The Balaban J connectivity index is 2.54. The highest BCUT2D eigenvalue weighted by molar-refractivity contribution is 6.42. The van der Waals surface area contributed by atoms with Gasteiger partial charge in [-0.15, -0.1) is 0 Å². The van der Waals surface area contributed by atoms with Crippen molar-refractivity contribution >= 4 is 40.7 Å². The number of halogens is 2. The van der Waals surface area contributed by atoms with E-state index < -0.39 is 23.9 Å². The van der Waals surface area contributed by atoms with Crippen molar-refractivity contribution in [2.45, 2.75) is 45.2 Å². The van der Waals surface area contributed by atoms with E-state index in [1.807, 2.05) is 6.92 Å². The van der Waals surface area contributed by atoms with Crippen LogP contribution in [0.2, 0.25) is 10.0 Å². The second-order valence-corrected chi connectivity index (χ2v) is 5.91. The Morgan fingerprint density at radius 1 is 1.23 bits per heavy atom. The van der Waals surface area contributed by atoms with Crippen LogP contribution in [-0.4, -0.2) is 23.9 Å². The Hall–Kier alpha value is -1.30. The molecule has 2 amide bonds. The summed E-state index contributed by atoms with van der Waals surface area (Å²) in [4.78, 5) is 23.8. The molecule has 0 radical (unpaired) electrons. The molecular weight excluding hydrogens is 325 g/mol. The van der Waals surface area contributed by atoms with Crippen molar-refractivity contribution in [3.8, 4) is 0 Å². The Bertz CT molecular complexity index is 538. The first kappa shape index (κ1) is 18.7. The van der Waals surface area contributed by atoms with Gasteiger partial charge in [0, 0.05) is 5.69 Å². The fourth-order valence-electron chi connectivity index (χ4n) is 1.78. The molecule has 0 bridgehead atoms. The van der Waals surface area contributed by atoms with Gasteiger partial charge in [-0.25, -0.2) is 0 Å². The first-order chi connectivity index (χ1) is 10.3. The van der Waals surface area contributed by atoms with Crippen LogP contribution in [0.4, 0.5) is 5.69 Å². The van der Waals surface area contributed by atoms with Crippen molar-refractivity contribution in [1.82, 2.24) is 5.32 Å². The summed E-state index contributed by atoms with van der Waals surface area (Å²) in [6.45, 7) is 3.65. The van der Waals surface area contributed by atoms with Crippen LogP contribution in [0.3, 0.4) is 0 Å². The van der Waals surface area contributed by atoms with Crippen molar-refractivity contribution in [1.29, 1.82) is 0 Å². The quantitative estimate of drug-likeness (QED) is 0.709. The summed E-state index contributed by atoms with van der Waals surface area (Å²) in [5.74, 6) is -0.899. The number of carbonyl (C=O) groups is 2. The number of nitrogens with two attached hydrogens (primary N) is 1. The normalized spacial score (nSPS) is 13.3. The minimum atomic E-state index is -0.666. The minimum Gasteiger partial charge on any atom is -0.374 e. The van der Waals surface area contributed by atoms with Crippen molar-refractivity contribution < 1.29 is 9.59 Å². The highest BCUT2D eigenvalue weighted by Gasteiger charge is 2.19. The number of hydrogen-bond donors (Lipinski definition) is 3. The van der Waals surface area contributed by atoms with Crippen LogP contribution in [0.5, 0.6) is 0 Å². The van der Waals surface area contributed by atoms with E-state index in [4.69, 9.17) is 28.9 Å². The fraction of sp³-hybridized carbons (Fsp3) is 0.467. The van der Waals surface area contributed by atoms with Crippen LogP contribution in [-0.2, 0) is 9.59 Å². The maximum Gasteiger partial charge on any atom is 0.248 e. The van der Waals surface area contributed by atoms with Crippen molar-refractivity contribution in [2.75, 3.05) is 5.32 Å². The van der Waals surface area contributed by atoms with Gasteiger partial charge < -0.3 is 11.1 Å². The van der Waals surface area contributed by atoms with Crippen LogP contribution in [0.1, 0.15) is 33.1 Å². The van der Waals surface area contributed by atoms with Gasteiger partial charge in [0.15, 0.2) is 0 Å². The lowest BCUT2D eigenvalue weighted by atomic mass is 10.1. The summed E-state index contributed by atoms with van der Waals surface area (Å²) >= 11 is 11.7. The van der Waals surface area contributed by atoms with E-state index in [0.717, 1.165) is 12.8 Å². The molecule has 4 N–H and O–H groups in total. The van der Waals surface area contributed by atoms with E-state index in [2.05, 4.69) is 10.6 Å². The summed E-state index contributed by atoms with van der Waals surface area (Å²) in [5, 5.41) is 6.08. The number of anilines is 1. The van der Waals surface area contributed by atoms with Gasteiger partial charge in [-0.05, 0) is 31.5 Å². The van der Waals surface area contributed by atoms with Crippen molar-refractivity contribution in [2.24, 2.45) is 5.73 Å². The number of carbonyl (C=O) groups excluding carboxylic acids is 2. The first-order valence-electron chi connectivity index (χ1n) is 7.17. The monoisotopic (exact) mass is 345 g/mol. The molecule has 22 heavy (non-hydrogen) atoms. The van der Waals surface area contributed by atoms with Gasteiger partial charge in [0.25, 0.3) is 0 Å². The fourth-order valence-corrected chi connectivity index (χ4v) is 2.08. The predicted molar refractivity (Wildman–Crippen MR) is 90.2 cm³/mol. The van der Waals surface area contributed by atoms with Crippen molar-refractivity contribution in [3.63, 3.8) is 0 Å². The Kier molecular flexibility index (Phi) is 7.65. The molecule has 1 aromatic rings. The van der Waals surface area contributed by atoms with Crippen LogP contribution in [0.15, 0.2) is 18.2 Å². The van der Waals surface area contributed by atoms with Gasteiger partial charge >= 0.3 is 0 Å². The van der Waals surface area contributed by atoms with Crippen LogP contribution >= 0.6 is 23.2 Å². The molecule has 0 aliphatic rings. The van der Waals surface area contributed by atoms with Crippen LogP contribution in [0.25, 0.3) is 0 Å². The van der Waals surface area contributed by atoms with E-state index in [9.17, 15) is 9.59 Å². The summed E-state index contributed by atoms with van der Waals surface area (Å²) in [5.41, 5.74) is 6.36. The predicted octanol–water partition coefficient (Wildman–Crippen LogP) is 2.95. The Morgan fingerprint density at radius 3 is 2.50 bits per heavy atom. The second-order valence-electron chi connectivity index (χ2n) is 5.10. The standard InChI is InChI=1S/C15H21Cl2N3O2/c1-3-4-5-13(18)15(22)20-14(21)9(2)19-10-6-7-11(16)12(17)8-10/h6-9,13,19H,3-5,18H2,1-2H3,(H,20,21,22)/t9-,13?/m0/s1. The lowest BCUT2D eigenvalue weighted by molar-refractivity contribution is -0.131. The second kappa shape index (κ2) is 8.98. The number of amides is 2. The number of imide groups is 1. The van der Waals surface area contributed by atoms with Gasteiger partial charge in [0.1, 0.15) is 6.04 Å². The van der Waals surface area contributed by atoms with E-state index in [-0.39, 0.29) is 0 Å². The van der Waals surface area contributed by atoms with Gasteiger partial charge in [0.2, 0.25) is 11.8 Å². The zero-order valence-electron chi connectivity index (χ0n) is 12.7. The van der Waals surface area contributed by atoms with E-state index >= 15 is 0 Å². The summed E-state index contributed by atoms with van der Waals surface area (Å²) in [6.07, 6.45) is 2.36. The molecule has 7 heteroatoms. The molecule has 0 aliphatic heterocycles. The van der Waals surface area contributed by atoms with Gasteiger partial charge in [0.05, 0.1) is 16.1 Å². The smallest absolute Gasteiger partial charge is 0.248 e. The average Bonchev–Trinajstić information content (AvgIpc) is 2.48. The number of nitrogens with one attached hydrogen (secondary N) is 2. The number of unbranched alkanes of at least 4 members (excludes halogenated alkanes) is 1. The third kappa shape index (κ3) is 5.83. The summed E-state index contributed by atoms with van der Waals surface area (Å²) in [7, 11) is 0. The molecule has 2 atom stereocenters. The number of benzene rings is 1. The van der Waals surface area contributed by atoms with Gasteiger partial charge in [-0.1, -0.05) is 43.0 Å². The first-order valence-corrected chi connectivity index (χ1v) is 7.92. The van der Waals surface area contributed by atoms with Gasteiger partial charge in [-0.2, -0.15) is 0 Å². The lowest BCUT2D eigenvalue weighted by Gasteiger charge is -2.17. The third-order valence-corrected chi connectivity index (χ3v) is 3.89. The lowest BCUT2D eigenvalue weighted by Crippen LogP contribution is -2.48. The Morgan fingerprint density at radius 2 is 1.91 bits per heavy atom. The van der Waals surface area contributed by atoms with Crippen LogP contribution in [0, 0.1) is 0 Å². The topological polar surface area (TPSA) is 84.2 Å². The molecule has 0 fully saturated rings. The maximum absolute atomic E-state index is 12.0. The third-order valence-electron chi connectivity index (χ3n) is 3.15. The molecule has 5 nitrogen and oxygen atoms in total. The van der Waals surface area contributed by atoms with Gasteiger partial charge in [-0.3, -0.25) is 14.9 Å². The van der Waals surface area contributed by atoms with Crippen LogP contribution < -0.4 is 16.4 Å². The summed E-state index contributed by atoms with van der Waals surface area (Å²) < 4.78 is 0. The molecule has 0 saturated heterocycles. The molecule has 0 saturated carbocycles. The number of hydrogen-bond acceptors (Lipinski definition) is 4. The molecular formula is C15H21Cl2N3O2. The maximum atomic E-state index is 12.0. The Labute approximate surface area is 140 Å². The highest BCUT2D eigenvalue weighted by atomic mass is 35.5. The molecule has 1 aromatic carbocycles. The summed E-state index contributed by atoms with van der Waals surface area (Å²) in [6, 6.07) is 3.67. The largest absolute Gasteiger partial charge is 0.374 e. The van der Waals surface area contributed by atoms with Crippen molar-refractivity contribution in [3.05, 3.63) is 28.2 Å². The number of rotatable bonds is 7. The molecule has 0 spiro atoms. The van der Waals surface area contributed by atoms with E-state index in [0.29, 0.717) is 22.2 Å². The molecule has 0 heterocycles. The SMILES string of the molecule is CCCCC(N)C(=O)NC(=O)[C@H](C)Nc1ccc(Cl)c(Cl)c1. The molecule has 1 unspecified atom stereocenters. The molecule has 0 aromatic heterocycles. The highest BCUT2D eigenvalue weighted by Crippen LogP contribution is 2.25. The minimum absolute atomic E-state index is 0.386. The zero-order valence-corrected chi connectivity index (χ0v) is 14.2. The van der Waals surface area contributed by atoms with E-state index in [1.165, 1.54) is 0 Å².